The summed E-state index contributed by atoms with van der Waals surface area (Å²) in [4.78, 5) is 31.4. The quantitative estimate of drug-likeness (QED) is 0.342. The van der Waals surface area contributed by atoms with Crippen LogP contribution in [-0.4, -0.2) is 44.0 Å². The summed E-state index contributed by atoms with van der Waals surface area (Å²) in [6.45, 7) is 5.72. The molecular weight excluding hydrogens is 422 g/mol. The number of carbonyl (C=O) groups is 1. The van der Waals surface area contributed by atoms with E-state index in [1.165, 1.54) is 6.33 Å². The van der Waals surface area contributed by atoms with Gasteiger partial charge in [-0.25, -0.2) is 15.0 Å². The number of nitrogens with zero attached hydrogens (tertiary/aromatic N) is 3. The van der Waals surface area contributed by atoms with E-state index >= 15 is 0 Å². The third-order valence-corrected chi connectivity index (χ3v) is 5.55. The summed E-state index contributed by atoms with van der Waals surface area (Å²) in [6.07, 6.45) is 4.72. The third-order valence-electron chi connectivity index (χ3n) is 5.55. The van der Waals surface area contributed by atoms with Crippen molar-refractivity contribution in [2.75, 3.05) is 18.5 Å². The second-order valence-corrected chi connectivity index (χ2v) is 8.20. The van der Waals surface area contributed by atoms with E-state index in [4.69, 9.17) is 9.47 Å². The summed E-state index contributed by atoms with van der Waals surface area (Å²) in [5.41, 5.74) is 2.88. The monoisotopic (exact) mass is 447 g/mol. The Morgan fingerprint density at radius 3 is 2.79 bits per heavy atom. The normalized spacial score (nSPS) is 13.8. The Labute approximate surface area is 190 Å². The smallest absolute Gasteiger partial charge is 0.268 e. The van der Waals surface area contributed by atoms with Crippen LogP contribution in [0.5, 0.6) is 11.5 Å². The molecule has 1 amide bonds. The standard InChI is InChI=1S/C23H25N7O3/c1-13(2)20(14-3-4-18-19(7-14)33-6-5-32-18)30-22-16-8-17(29-21(16)27-12-28-22)23(31)25-10-15-9-24-11-26-15/h3-4,7-9,11-13,20H,5-6,10H2,1-2H3,(H,24,26)(H,25,31)(H2,27,28,29,30)/t20-/m1/s1. The van der Waals surface area contributed by atoms with E-state index in [-0.39, 0.29) is 17.9 Å². The lowest BCUT2D eigenvalue weighted by molar-refractivity contribution is 0.0946. The first-order chi connectivity index (χ1) is 16.1. The molecule has 4 aromatic rings. The molecule has 0 bridgehead atoms. The van der Waals surface area contributed by atoms with Crippen molar-refractivity contribution < 1.29 is 14.3 Å². The lowest BCUT2D eigenvalue weighted by atomic mass is 9.95. The van der Waals surface area contributed by atoms with Gasteiger partial charge < -0.3 is 30.1 Å². The fraction of sp³-hybridized carbons (Fsp3) is 0.304. The SMILES string of the molecule is CC(C)[C@@H](Nc1ncnc2[nH]c(C(=O)NCc3cnc[nH]3)cc12)c1ccc2c(c1)OCCO2. The second kappa shape index (κ2) is 8.81. The number of aromatic nitrogens is 5. The highest BCUT2D eigenvalue weighted by molar-refractivity contribution is 5.99. The van der Waals surface area contributed by atoms with Crippen molar-refractivity contribution in [2.24, 2.45) is 5.92 Å². The van der Waals surface area contributed by atoms with Crippen molar-refractivity contribution in [2.45, 2.75) is 26.4 Å². The first-order valence-corrected chi connectivity index (χ1v) is 10.8. The number of H-pyrrole nitrogens is 2. The first kappa shape index (κ1) is 20.8. The van der Waals surface area contributed by atoms with Crippen molar-refractivity contribution in [1.82, 2.24) is 30.2 Å². The summed E-state index contributed by atoms with van der Waals surface area (Å²) >= 11 is 0. The van der Waals surface area contributed by atoms with Crippen molar-refractivity contribution in [3.05, 3.63) is 60.1 Å². The third kappa shape index (κ3) is 4.32. The van der Waals surface area contributed by atoms with E-state index in [0.29, 0.717) is 36.9 Å². The number of carbonyl (C=O) groups excluding carboxylic acids is 1. The van der Waals surface area contributed by atoms with Gasteiger partial charge in [-0.15, -0.1) is 0 Å². The van der Waals surface area contributed by atoms with E-state index < -0.39 is 0 Å². The number of imidazole rings is 1. The maximum atomic E-state index is 12.6. The summed E-state index contributed by atoms with van der Waals surface area (Å²) < 4.78 is 11.4. The van der Waals surface area contributed by atoms with Crippen LogP contribution in [0.1, 0.15) is 41.6 Å². The van der Waals surface area contributed by atoms with Crippen LogP contribution in [0, 0.1) is 5.92 Å². The van der Waals surface area contributed by atoms with E-state index in [1.807, 2.05) is 18.2 Å². The molecule has 1 aliphatic rings. The van der Waals surface area contributed by atoms with Gasteiger partial charge in [0, 0.05) is 6.20 Å². The number of ether oxygens (including phenoxy) is 2. The minimum atomic E-state index is -0.235. The Hall–Kier alpha value is -4.08. The molecule has 0 spiro atoms. The highest BCUT2D eigenvalue weighted by Crippen LogP contribution is 2.36. The number of rotatable bonds is 7. The molecule has 4 N–H and O–H groups in total. The number of hydrogen-bond acceptors (Lipinski definition) is 7. The molecule has 0 radical (unpaired) electrons. The average Bonchev–Trinajstić information content (AvgIpc) is 3.50. The lowest BCUT2D eigenvalue weighted by Crippen LogP contribution is -2.23. The minimum absolute atomic E-state index is 0.0357. The van der Waals surface area contributed by atoms with Gasteiger partial charge in [0.1, 0.15) is 36.7 Å². The van der Waals surface area contributed by atoms with E-state index in [2.05, 4.69) is 49.4 Å². The van der Waals surface area contributed by atoms with Crippen molar-refractivity contribution in [1.29, 1.82) is 0 Å². The number of fused-ring (bicyclic) bond motifs is 2. The van der Waals surface area contributed by atoms with Gasteiger partial charge in [0.25, 0.3) is 5.91 Å². The molecule has 10 heteroatoms. The fourth-order valence-corrected chi connectivity index (χ4v) is 3.86. The molecule has 1 aliphatic heterocycles. The Kier molecular flexibility index (Phi) is 5.55. The Balaban J connectivity index is 1.39. The van der Waals surface area contributed by atoms with Gasteiger partial charge in [-0.3, -0.25) is 4.79 Å². The van der Waals surface area contributed by atoms with E-state index in [1.54, 1.807) is 18.6 Å². The largest absolute Gasteiger partial charge is 0.486 e. The molecule has 0 saturated carbocycles. The minimum Gasteiger partial charge on any atom is -0.486 e. The Morgan fingerprint density at radius 1 is 1.15 bits per heavy atom. The number of aromatic amines is 2. The molecule has 0 unspecified atom stereocenters. The zero-order chi connectivity index (χ0) is 22.8. The maximum Gasteiger partial charge on any atom is 0.268 e. The fourth-order valence-electron chi connectivity index (χ4n) is 3.86. The lowest BCUT2D eigenvalue weighted by Gasteiger charge is -2.26. The highest BCUT2D eigenvalue weighted by Gasteiger charge is 2.22. The van der Waals surface area contributed by atoms with Crippen LogP contribution in [-0.2, 0) is 6.54 Å². The van der Waals surface area contributed by atoms with Gasteiger partial charge in [0.05, 0.1) is 30.0 Å². The van der Waals surface area contributed by atoms with Gasteiger partial charge in [-0.1, -0.05) is 19.9 Å². The summed E-state index contributed by atoms with van der Waals surface area (Å²) in [7, 11) is 0. The molecule has 170 valence electrons. The number of nitrogens with one attached hydrogen (secondary N) is 4. The topological polar surface area (TPSA) is 130 Å². The van der Waals surface area contributed by atoms with Gasteiger partial charge >= 0.3 is 0 Å². The summed E-state index contributed by atoms with van der Waals surface area (Å²) in [5.74, 6) is 2.18. The Bertz CT molecular complexity index is 1270. The zero-order valence-corrected chi connectivity index (χ0v) is 18.4. The van der Waals surface area contributed by atoms with Gasteiger partial charge in [0.15, 0.2) is 11.5 Å². The molecule has 0 fully saturated rings. The Morgan fingerprint density at radius 2 is 2.00 bits per heavy atom. The molecule has 0 saturated heterocycles. The van der Waals surface area contributed by atoms with Crippen LogP contribution in [0.3, 0.4) is 0 Å². The van der Waals surface area contributed by atoms with Crippen LogP contribution in [0.2, 0.25) is 0 Å². The molecule has 3 aromatic heterocycles. The number of amides is 1. The van der Waals surface area contributed by atoms with Crippen LogP contribution in [0.4, 0.5) is 5.82 Å². The predicted molar refractivity (Wildman–Crippen MR) is 122 cm³/mol. The first-order valence-electron chi connectivity index (χ1n) is 10.8. The van der Waals surface area contributed by atoms with Gasteiger partial charge in [-0.2, -0.15) is 0 Å². The number of benzene rings is 1. The highest BCUT2D eigenvalue weighted by atomic mass is 16.6. The molecule has 5 rings (SSSR count). The summed E-state index contributed by atoms with van der Waals surface area (Å²) in [6, 6.07) is 7.72. The van der Waals surface area contributed by atoms with Gasteiger partial charge in [-0.05, 0) is 29.7 Å². The van der Waals surface area contributed by atoms with E-state index in [9.17, 15) is 4.79 Å². The second-order valence-electron chi connectivity index (χ2n) is 8.20. The van der Waals surface area contributed by atoms with E-state index in [0.717, 1.165) is 28.1 Å². The van der Waals surface area contributed by atoms with Crippen molar-refractivity contribution >= 4 is 22.8 Å². The van der Waals surface area contributed by atoms with Crippen molar-refractivity contribution in [3.8, 4) is 11.5 Å². The molecule has 0 aliphatic carbocycles. The maximum absolute atomic E-state index is 12.6. The van der Waals surface area contributed by atoms with Crippen LogP contribution in [0.25, 0.3) is 11.0 Å². The molecule has 4 heterocycles. The molecule has 33 heavy (non-hydrogen) atoms. The molecule has 10 nitrogen and oxygen atoms in total. The zero-order valence-electron chi connectivity index (χ0n) is 18.4. The molecular formula is C23H25N7O3. The molecule has 1 aromatic carbocycles. The van der Waals surface area contributed by atoms with Crippen LogP contribution in [0.15, 0.2) is 43.1 Å². The van der Waals surface area contributed by atoms with Crippen LogP contribution < -0.4 is 20.1 Å². The van der Waals surface area contributed by atoms with Crippen molar-refractivity contribution in [3.63, 3.8) is 0 Å². The van der Waals surface area contributed by atoms with Crippen LogP contribution >= 0.6 is 0 Å². The predicted octanol–water partition coefficient (Wildman–Crippen LogP) is 3.19. The summed E-state index contributed by atoms with van der Waals surface area (Å²) in [5, 5.41) is 7.14. The van der Waals surface area contributed by atoms with Gasteiger partial charge in [0.2, 0.25) is 0 Å². The molecule has 1 atom stereocenters. The number of anilines is 1. The average molecular weight is 447 g/mol. The number of hydrogen-bond donors (Lipinski definition) is 4.